The van der Waals surface area contributed by atoms with Crippen molar-refractivity contribution in [1.82, 2.24) is 10.6 Å². The molecule has 2 aromatic rings. The van der Waals surface area contributed by atoms with Crippen molar-refractivity contribution in [2.45, 2.75) is 45.6 Å². The SMILES string of the molecule is Cc1cc(C)c(CCNC(=O)CNC2(c3ccc(Cl)cc3)CCOCC2)c(C)c1. The molecule has 5 heteroatoms. The third-order valence-corrected chi connectivity index (χ3v) is 6.12. The van der Waals surface area contributed by atoms with Crippen LogP contribution in [0.4, 0.5) is 0 Å². The Hall–Kier alpha value is -1.88. The van der Waals surface area contributed by atoms with Crippen LogP contribution in [0.2, 0.25) is 5.02 Å². The van der Waals surface area contributed by atoms with Gasteiger partial charge in [-0.1, -0.05) is 41.4 Å². The highest BCUT2D eigenvalue weighted by Crippen LogP contribution is 2.32. The Morgan fingerprint density at radius 3 is 2.31 bits per heavy atom. The van der Waals surface area contributed by atoms with Gasteiger partial charge in [-0.25, -0.2) is 0 Å². The topological polar surface area (TPSA) is 50.4 Å². The molecule has 0 radical (unpaired) electrons. The van der Waals surface area contributed by atoms with Crippen LogP contribution in [-0.2, 0) is 21.5 Å². The van der Waals surface area contributed by atoms with E-state index >= 15 is 0 Å². The van der Waals surface area contributed by atoms with Crippen LogP contribution in [0.3, 0.4) is 0 Å². The van der Waals surface area contributed by atoms with E-state index in [9.17, 15) is 4.79 Å². The predicted octanol–water partition coefficient (Wildman–Crippen LogP) is 4.22. The number of hydrogen-bond acceptors (Lipinski definition) is 3. The number of carbonyl (C=O) groups excluding carboxylic acids is 1. The summed E-state index contributed by atoms with van der Waals surface area (Å²) in [5, 5.41) is 7.30. The van der Waals surface area contributed by atoms with Gasteiger partial charge in [0.25, 0.3) is 0 Å². The minimum atomic E-state index is -0.246. The number of halogens is 1. The Bertz CT molecular complexity index is 819. The largest absolute Gasteiger partial charge is 0.381 e. The van der Waals surface area contributed by atoms with E-state index in [1.807, 2.05) is 24.3 Å². The van der Waals surface area contributed by atoms with E-state index in [2.05, 4.69) is 43.5 Å². The zero-order valence-electron chi connectivity index (χ0n) is 17.6. The fraction of sp³-hybridized carbons (Fsp3) is 0.458. The minimum absolute atomic E-state index is 0.0206. The Kier molecular flexibility index (Phi) is 7.33. The fourth-order valence-corrected chi connectivity index (χ4v) is 4.43. The van der Waals surface area contributed by atoms with Gasteiger partial charge in [0.2, 0.25) is 5.91 Å². The summed E-state index contributed by atoms with van der Waals surface area (Å²) in [6.45, 7) is 8.69. The number of amides is 1. The molecule has 0 atom stereocenters. The molecular formula is C24H31ClN2O2. The third-order valence-electron chi connectivity index (χ3n) is 5.87. The lowest BCUT2D eigenvalue weighted by Crippen LogP contribution is -2.50. The first-order valence-corrected chi connectivity index (χ1v) is 10.7. The standard InChI is InChI=1S/C24H31ClN2O2/c1-17-14-18(2)22(19(3)15-17)8-11-26-23(28)16-27-24(9-12-29-13-10-24)20-4-6-21(25)7-5-20/h4-7,14-15,27H,8-13,16H2,1-3H3,(H,26,28). The maximum Gasteiger partial charge on any atom is 0.233 e. The van der Waals surface area contributed by atoms with Gasteiger partial charge in [0, 0.05) is 30.3 Å². The van der Waals surface area contributed by atoms with E-state index in [0.717, 1.165) is 29.8 Å². The first-order valence-electron chi connectivity index (χ1n) is 10.3. The van der Waals surface area contributed by atoms with Gasteiger partial charge >= 0.3 is 0 Å². The molecule has 4 nitrogen and oxygen atoms in total. The fourth-order valence-electron chi connectivity index (χ4n) is 4.30. The van der Waals surface area contributed by atoms with E-state index in [1.165, 1.54) is 22.3 Å². The van der Waals surface area contributed by atoms with Crippen LogP contribution >= 0.6 is 11.6 Å². The van der Waals surface area contributed by atoms with Crippen LogP contribution in [0.25, 0.3) is 0 Å². The molecular weight excluding hydrogens is 384 g/mol. The molecule has 0 saturated carbocycles. The molecule has 156 valence electrons. The Balaban J connectivity index is 1.56. The Morgan fingerprint density at radius 2 is 1.69 bits per heavy atom. The van der Waals surface area contributed by atoms with Crippen LogP contribution < -0.4 is 10.6 Å². The van der Waals surface area contributed by atoms with Crippen molar-refractivity contribution in [3.05, 3.63) is 69.2 Å². The number of carbonyl (C=O) groups is 1. The molecule has 1 amide bonds. The number of aryl methyl sites for hydroxylation is 3. The van der Waals surface area contributed by atoms with Crippen molar-refractivity contribution in [2.24, 2.45) is 0 Å². The highest BCUT2D eigenvalue weighted by molar-refractivity contribution is 6.30. The lowest BCUT2D eigenvalue weighted by molar-refractivity contribution is -0.120. The molecule has 1 heterocycles. The van der Waals surface area contributed by atoms with E-state index < -0.39 is 0 Å². The average molecular weight is 415 g/mol. The summed E-state index contributed by atoms with van der Waals surface area (Å²) in [7, 11) is 0. The zero-order chi connectivity index (χ0) is 20.9. The molecule has 1 fully saturated rings. The second kappa shape index (κ2) is 9.75. The highest BCUT2D eigenvalue weighted by Gasteiger charge is 2.34. The summed E-state index contributed by atoms with van der Waals surface area (Å²) >= 11 is 6.05. The molecule has 1 aliphatic heterocycles. The van der Waals surface area contributed by atoms with Crippen LogP contribution in [0, 0.1) is 20.8 Å². The number of benzene rings is 2. The van der Waals surface area contributed by atoms with Gasteiger partial charge in [-0.3, -0.25) is 10.1 Å². The maximum absolute atomic E-state index is 12.5. The van der Waals surface area contributed by atoms with E-state index in [-0.39, 0.29) is 18.0 Å². The normalized spacial score (nSPS) is 15.9. The van der Waals surface area contributed by atoms with Crippen molar-refractivity contribution >= 4 is 17.5 Å². The van der Waals surface area contributed by atoms with Crippen molar-refractivity contribution < 1.29 is 9.53 Å². The molecule has 0 unspecified atom stereocenters. The molecule has 1 saturated heterocycles. The van der Waals surface area contributed by atoms with E-state index in [1.54, 1.807) is 0 Å². The van der Waals surface area contributed by atoms with Gasteiger partial charge < -0.3 is 10.1 Å². The lowest BCUT2D eigenvalue weighted by atomic mass is 9.82. The minimum Gasteiger partial charge on any atom is -0.381 e. The quantitative estimate of drug-likeness (QED) is 0.713. The predicted molar refractivity (Wildman–Crippen MR) is 119 cm³/mol. The molecule has 2 aromatic carbocycles. The summed E-state index contributed by atoms with van der Waals surface area (Å²) in [4.78, 5) is 12.5. The Morgan fingerprint density at radius 1 is 1.07 bits per heavy atom. The summed E-state index contributed by atoms with van der Waals surface area (Å²) < 4.78 is 5.55. The van der Waals surface area contributed by atoms with Crippen molar-refractivity contribution in [1.29, 1.82) is 0 Å². The molecule has 0 aromatic heterocycles. The Labute approximate surface area is 179 Å². The number of hydrogen-bond donors (Lipinski definition) is 2. The van der Waals surface area contributed by atoms with Gasteiger partial charge in [-0.2, -0.15) is 0 Å². The molecule has 3 rings (SSSR count). The monoisotopic (exact) mass is 414 g/mol. The third kappa shape index (κ3) is 5.59. The number of rotatable bonds is 7. The van der Waals surface area contributed by atoms with Gasteiger partial charge in [0.15, 0.2) is 0 Å². The summed E-state index contributed by atoms with van der Waals surface area (Å²) in [5.74, 6) is 0.0206. The summed E-state index contributed by atoms with van der Waals surface area (Å²) in [6, 6.07) is 12.3. The van der Waals surface area contributed by atoms with Gasteiger partial charge in [-0.15, -0.1) is 0 Å². The summed E-state index contributed by atoms with van der Waals surface area (Å²) in [5.41, 5.74) is 6.10. The molecule has 0 aliphatic carbocycles. The first-order chi connectivity index (χ1) is 13.9. The lowest BCUT2D eigenvalue weighted by Gasteiger charge is -2.38. The number of nitrogens with one attached hydrogen (secondary N) is 2. The van der Waals surface area contributed by atoms with E-state index in [0.29, 0.717) is 19.8 Å². The van der Waals surface area contributed by atoms with Crippen LogP contribution in [-0.4, -0.2) is 32.2 Å². The van der Waals surface area contributed by atoms with Gasteiger partial charge in [-0.05, 0) is 74.4 Å². The van der Waals surface area contributed by atoms with Gasteiger partial charge in [0.05, 0.1) is 6.54 Å². The second-order valence-electron chi connectivity index (χ2n) is 8.03. The molecule has 29 heavy (non-hydrogen) atoms. The van der Waals surface area contributed by atoms with Crippen molar-refractivity contribution in [3.63, 3.8) is 0 Å². The molecule has 1 aliphatic rings. The maximum atomic E-state index is 12.5. The van der Waals surface area contributed by atoms with Gasteiger partial charge in [0.1, 0.15) is 0 Å². The zero-order valence-corrected chi connectivity index (χ0v) is 18.4. The first kappa shape index (κ1) is 21.8. The summed E-state index contributed by atoms with van der Waals surface area (Å²) in [6.07, 6.45) is 2.52. The van der Waals surface area contributed by atoms with Crippen LogP contribution in [0.15, 0.2) is 36.4 Å². The second-order valence-corrected chi connectivity index (χ2v) is 8.47. The van der Waals surface area contributed by atoms with Crippen LogP contribution in [0.1, 0.15) is 40.7 Å². The van der Waals surface area contributed by atoms with Crippen molar-refractivity contribution in [3.8, 4) is 0 Å². The average Bonchev–Trinajstić information content (AvgIpc) is 2.69. The highest BCUT2D eigenvalue weighted by atomic mass is 35.5. The molecule has 2 N–H and O–H groups in total. The van der Waals surface area contributed by atoms with E-state index in [4.69, 9.17) is 16.3 Å². The number of ether oxygens (including phenoxy) is 1. The molecule has 0 spiro atoms. The smallest absolute Gasteiger partial charge is 0.233 e. The van der Waals surface area contributed by atoms with Crippen molar-refractivity contribution in [2.75, 3.05) is 26.3 Å². The van der Waals surface area contributed by atoms with Crippen LogP contribution in [0.5, 0.6) is 0 Å². The molecule has 0 bridgehead atoms.